The van der Waals surface area contributed by atoms with E-state index >= 15 is 0 Å². The van der Waals surface area contributed by atoms with Crippen molar-refractivity contribution in [2.75, 3.05) is 0 Å². The Bertz CT molecular complexity index is 784. The second-order valence-corrected chi connectivity index (χ2v) is 6.57. The molecule has 0 saturated heterocycles. The number of benzene rings is 2. The Hall–Kier alpha value is -2.47. The van der Waals surface area contributed by atoms with Crippen molar-refractivity contribution >= 4 is 21.6 Å². The summed E-state index contributed by atoms with van der Waals surface area (Å²) in [5.74, 6) is -0.0573. The van der Waals surface area contributed by atoms with Crippen molar-refractivity contribution in [1.82, 2.24) is 0 Å². The summed E-state index contributed by atoms with van der Waals surface area (Å²) in [5.41, 5.74) is 1.22. The van der Waals surface area contributed by atoms with Gasteiger partial charge in [0, 0.05) is 12.8 Å². The molecule has 2 rings (SSSR count). The van der Waals surface area contributed by atoms with E-state index in [9.17, 15) is 13.2 Å². The van der Waals surface area contributed by atoms with E-state index in [0.29, 0.717) is 5.71 Å². The number of hydrogen-bond acceptors (Lipinski definition) is 5. The van der Waals surface area contributed by atoms with Crippen LogP contribution in [-0.2, 0) is 25.6 Å². The molecule has 0 aliphatic rings. The van der Waals surface area contributed by atoms with Gasteiger partial charge >= 0.3 is 10.1 Å². The molecule has 120 valence electrons. The van der Waals surface area contributed by atoms with Crippen LogP contribution in [0.15, 0.2) is 70.7 Å². The summed E-state index contributed by atoms with van der Waals surface area (Å²) in [7, 11) is -3.95. The Morgan fingerprint density at radius 2 is 1.57 bits per heavy atom. The third-order valence-corrected chi connectivity index (χ3v) is 4.14. The largest absolute Gasteiger partial charge is 0.358 e. The SMILES string of the molecule is CC(CC(=O)Cc1ccccc1)=NOS(=O)(=O)c1ccccc1. The van der Waals surface area contributed by atoms with Crippen molar-refractivity contribution in [2.24, 2.45) is 5.16 Å². The first-order valence-corrected chi connectivity index (χ1v) is 8.46. The van der Waals surface area contributed by atoms with Crippen LogP contribution in [0.3, 0.4) is 0 Å². The second-order valence-electron chi connectivity index (χ2n) is 5.05. The molecule has 5 nitrogen and oxygen atoms in total. The van der Waals surface area contributed by atoms with Crippen LogP contribution in [0.2, 0.25) is 0 Å². The zero-order valence-electron chi connectivity index (χ0n) is 12.7. The molecule has 6 heteroatoms. The first kappa shape index (κ1) is 16.9. The standard InChI is InChI=1S/C17H17NO4S/c1-14(12-16(19)13-15-8-4-2-5-9-15)18-22-23(20,21)17-10-6-3-7-11-17/h2-11H,12-13H2,1H3. The van der Waals surface area contributed by atoms with Crippen LogP contribution in [0.4, 0.5) is 0 Å². The number of hydrogen-bond donors (Lipinski definition) is 0. The van der Waals surface area contributed by atoms with Crippen LogP contribution >= 0.6 is 0 Å². The van der Waals surface area contributed by atoms with E-state index in [1.54, 1.807) is 25.1 Å². The van der Waals surface area contributed by atoms with E-state index in [4.69, 9.17) is 0 Å². The first-order chi connectivity index (χ1) is 11.0. The van der Waals surface area contributed by atoms with Crippen LogP contribution in [0.5, 0.6) is 0 Å². The molecule has 0 aliphatic heterocycles. The highest BCUT2D eigenvalue weighted by Crippen LogP contribution is 2.12. The van der Waals surface area contributed by atoms with Gasteiger partial charge in [0.25, 0.3) is 0 Å². The monoisotopic (exact) mass is 331 g/mol. The van der Waals surface area contributed by atoms with Crippen LogP contribution in [0.25, 0.3) is 0 Å². The lowest BCUT2D eigenvalue weighted by molar-refractivity contribution is -0.117. The quantitative estimate of drug-likeness (QED) is 0.577. The third kappa shape index (κ3) is 5.34. The number of carbonyl (C=O) groups excluding carboxylic acids is 1. The Labute approximate surface area is 135 Å². The molecule has 0 aliphatic carbocycles. The molecule has 0 atom stereocenters. The number of carbonyl (C=O) groups is 1. The van der Waals surface area contributed by atoms with Gasteiger partial charge in [0.05, 0.1) is 5.71 Å². The maximum atomic E-state index is 11.9. The normalized spacial score (nSPS) is 12.0. The molecule has 23 heavy (non-hydrogen) atoms. The number of nitrogens with zero attached hydrogens (tertiary/aromatic N) is 1. The molecule has 2 aromatic carbocycles. The van der Waals surface area contributed by atoms with Crippen LogP contribution in [-0.4, -0.2) is 19.9 Å². The van der Waals surface area contributed by atoms with E-state index in [1.165, 1.54) is 12.1 Å². The fraction of sp³-hybridized carbons (Fsp3) is 0.176. The number of ketones is 1. The molecule has 2 aromatic rings. The number of rotatable bonds is 7. The molecule has 0 N–H and O–H groups in total. The summed E-state index contributed by atoms with van der Waals surface area (Å²) in [5, 5.41) is 3.56. The Morgan fingerprint density at radius 1 is 1.00 bits per heavy atom. The van der Waals surface area contributed by atoms with Gasteiger partial charge in [0.2, 0.25) is 0 Å². The maximum absolute atomic E-state index is 11.9. The topological polar surface area (TPSA) is 72.8 Å². The minimum Gasteiger partial charge on any atom is -0.299 e. The smallest absolute Gasteiger partial charge is 0.299 e. The van der Waals surface area contributed by atoms with Gasteiger partial charge in [-0.3, -0.25) is 9.08 Å². The molecular formula is C17H17NO4S. The highest BCUT2D eigenvalue weighted by Gasteiger charge is 2.15. The maximum Gasteiger partial charge on any atom is 0.358 e. The zero-order valence-corrected chi connectivity index (χ0v) is 13.5. The van der Waals surface area contributed by atoms with E-state index in [0.717, 1.165) is 5.56 Å². The fourth-order valence-electron chi connectivity index (χ4n) is 1.95. The molecule has 0 amide bonds. The summed E-state index contributed by atoms with van der Waals surface area (Å²) >= 11 is 0. The van der Waals surface area contributed by atoms with Gasteiger partial charge in [-0.2, -0.15) is 8.42 Å². The van der Waals surface area contributed by atoms with Crippen molar-refractivity contribution in [1.29, 1.82) is 0 Å². The molecule has 0 saturated carbocycles. The van der Waals surface area contributed by atoms with E-state index in [1.807, 2.05) is 30.3 Å². The Morgan fingerprint density at radius 3 is 2.17 bits per heavy atom. The van der Waals surface area contributed by atoms with Crippen molar-refractivity contribution in [2.45, 2.75) is 24.7 Å². The lowest BCUT2D eigenvalue weighted by Gasteiger charge is -2.03. The molecule has 0 radical (unpaired) electrons. The number of oxime groups is 1. The van der Waals surface area contributed by atoms with E-state index in [-0.39, 0.29) is 23.5 Å². The minimum absolute atomic E-state index is 0.0205. The van der Waals surface area contributed by atoms with Gasteiger partial charge in [-0.05, 0) is 24.6 Å². The van der Waals surface area contributed by atoms with Crippen LogP contribution in [0.1, 0.15) is 18.9 Å². The van der Waals surface area contributed by atoms with E-state index < -0.39 is 10.1 Å². The molecule has 0 unspecified atom stereocenters. The summed E-state index contributed by atoms with van der Waals surface area (Å²) in [4.78, 5) is 12.0. The molecular weight excluding hydrogens is 314 g/mol. The van der Waals surface area contributed by atoms with Gasteiger partial charge < -0.3 is 0 Å². The predicted molar refractivity (Wildman–Crippen MR) is 87.6 cm³/mol. The second kappa shape index (κ2) is 7.69. The molecule has 0 fully saturated rings. The first-order valence-electron chi connectivity index (χ1n) is 7.05. The summed E-state index contributed by atoms with van der Waals surface area (Å²) in [6, 6.07) is 17.0. The highest BCUT2D eigenvalue weighted by atomic mass is 32.2. The third-order valence-electron chi connectivity index (χ3n) is 3.02. The summed E-state index contributed by atoms with van der Waals surface area (Å²) in [6.45, 7) is 1.56. The fourth-order valence-corrected chi connectivity index (χ4v) is 2.75. The predicted octanol–water partition coefficient (Wildman–Crippen LogP) is 2.97. The average molecular weight is 331 g/mol. The lowest BCUT2D eigenvalue weighted by atomic mass is 10.1. The van der Waals surface area contributed by atoms with Gasteiger partial charge in [-0.15, -0.1) is 0 Å². The molecule has 0 spiro atoms. The van der Waals surface area contributed by atoms with Crippen molar-refractivity contribution in [3.05, 3.63) is 66.2 Å². The zero-order chi connectivity index (χ0) is 16.7. The Balaban J connectivity index is 1.94. The molecule has 0 bridgehead atoms. The van der Waals surface area contributed by atoms with Crippen LogP contribution in [0, 0.1) is 0 Å². The van der Waals surface area contributed by atoms with Gasteiger partial charge in [-0.25, -0.2) is 0 Å². The van der Waals surface area contributed by atoms with Gasteiger partial charge in [0.1, 0.15) is 10.7 Å². The van der Waals surface area contributed by atoms with Gasteiger partial charge in [-0.1, -0.05) is 53.7 Å². The minimum atomic E-state index is -3.95. The molecule has 0 aromatic heterocycles. The van der Waals surface area contributed by atoms with E-state index in [2.05, 4.69) is 9.44 Å². The average Bonchev–Trinajstić information content (AvgIpc) is 2.55. The van der Waals surface area contributed by atoms with Crippen LogP contribution < -0.4 is 0 Å². The van der Waals surface area contributed by atoms with Crippen molar-refractivity contribution in [3.63, 3.8) is 0 Å². The Kier molecular flexibility index (Phi) is 5.65. The molecule has 0 heterocycles. The van der Waals surface area contributed by atoms with Gasteiger partial charge in [0.15, 0.2) is 0 Å². The summed E-state index contributed by atoms with van der Waals surface area (Å²) < 4.78 is 28.4. The highest BCUT2D eigenvalue weighted by molar-refractivity contribution is 7.86. The lowest BCUT2D eigenvalue weighted by Crippen LogP contribution is -2.10. The van der Waals surface area contributed by atoms with Crippen molar-refractivity contribution < 1.29 is 17.5 Å². The van der Waals surface area contributed by atoms with Crippen molar-refractivity contribution in [3.8, 4) is 0 Å². The summed E-state index contributed by atoms with van der Waals surface area (Å²) in [6.07, 6.45) is 0.318. The number of Topliss-reactive ketones (excluding diaryl/α,β-unsaturated/α-hetero) is 1.